The van der Waals surface area contributed by atoms with Gasteiger partial charge in [-0.05, 0) is 91.3 Å². The summed E-state index contributed by atoms with van der Waals surface area (Å²) in [4.78, 5) is 24.2. The second-order valence-corrected chi connectivity index (χ2v) is 10.1. The van der Waals surface area contributed by atoms with Gasteiger partial charge in [0.2, 0.25) is 0 Å². The number of furan rings is 1. The number of benzene rings is 2. The molecule has 0 radical (unpaired) electrons. The average molecular weight is 659 g/mol. The SMILES string of the molecule is CCOC(=O)COc1c(OC)cc(/C=N/NC(=O)c2ccc(COc3ccc(-n4c(C)ccc4C)cc3)o2)c(Br)c1Cl. The molecule has 1 N–H and O–H groups in total. The van der Waals surface area contributed by atoms with Crippen LogP contribution in [0.4, 0.5) is 0 Å². The summed E-state index contributed by atoms with van der Waals surface area (Å²) in [5, 5.41) is 4.15. The summed E-state index contributed by atoms with van der Waals surface area (Å²) in [6, 6.07) is 16.7. The van der Waals surface area contributed by atoms with E-state index in [-0.39, 0.29) is 42.1 Å². The standard InChI is InChI=1S/C30H29BrClN3O7/c1-5-39-26(36)17-41-29-25(38-4)14-20(27(31)28(29)32)15-33-34-30(37)24-13-12-23(42-24)16-40-22-10-8-21(9-11-22)35-18(2)6-7-19(35)3/h6-15H,5,16-17H2,1-4H3,(H,34,37)/b33-15+. The third-order valence-corrected chi connectivity index (χ3v) is 7.46. The predicted octanol–water partition coefficient (Wildman–Crippen LogP) is 6.40. The summed E-state index contributed by atoms with van der Waals surface area (Å²) in [6.45, 7) is 5.85. The van der Waals surface area contributed by atoms with Crippen molar-refractivity contribution in [1.82, 2.24) is 9.99 Å². The third-order valence-electron chi connectivity index (χ3n) is 6.02. The lowest BCUT2D eigenvalue weighted by molar-refractivity contribution is -0.145. The van der Waals surface area contributed by atoms with Crippen molar-refractivity contribution in [3.8, 4) is 22.9 Å². The van der Waals surface area contributed by atoms with Gasteiger partial charge in [-0.15, -0.1) is 0 Å². The molecule has 0 unspecified atom stereocenters. The predicted molar refractivity (Wildman–Crippen MR) is 161 cm³/mol. The monoisotopic (exact) mass is 657 g/mol. The lowest BCUT2D eigenvalue weighted by Crippen LogP contribution is -2.17. The first-order valence-electron chi connectivity index (χ1n) is 12.9. The minimum Gasteiger partial charge on any atom is -0.493 e. The van der Waals surface area contributed by atoms with Crippen LogP contribution < -0.4 is 19.6 Å². The molecule has 0 saturated heterocycles. The van der Waals surface area contributed by atoms with E-state index in [2.05, 4.69) is 57.0 Å². The van der Waals surface area contributed by atoms with Crippen molar-refractivity contribution in [3.05, 3.63) is 92.6 Å². The zero-order valence-corrected chi connectivity index (χ0v) is 25.7. The first kappa shape index (κ1) is 30.7. The molecule has 0 bridgehead atoms. The molecule has 1 amide bonds. The van der Waals surface area contributed by atoms with Crippen LogP contribution in [-0.2, 0) is 16.1 Å². The molecule has 2 aromatic heterocycles. The van der Waals surface area contributed by atoms with E-state index in [1.807, 2.05) is 24.3 Å². The molecule has 220 valence electrons. The maximum absolute atomic E-state index is 12.6. The molecule has 42 heavy (non-hydrogen) atoms. The van der Waals surface area contributed by atoms with Crippen LogP contribution in [0.15, 0.2) is 68.6 Å². The molecule has 4 rings (SSSR count). The summed E-state index contributed by atoms with van der Waals surface area (Å²) in [6.07, 6.45) is 1.37. The van der Waals surface area contributed by atoms with E-state index in [1.165, 1.54) is 19.4 Å². The van der Waals surface area contributed by atoms with Gasteiger partial charge in [-0.2, -0.15) is 5.10 Å². The van der Waals surface area contributed by atoms with E-state index in [0.29, 0.717) is 21.5 Å². The van der Waals surface area contributed by atoms with Gasteiger partial charge in [0, 0.05) is 27.1 Å². The van der Waals surface area contributed by atoms with Crippen LogP contribution in [-0.4, -0.2) is 43.0 Å². The van der Waals surface area contributed by atoms with Gasteiger partial charge in [0.15, 0.2) is 23.9 Å². The highest BCUT2D eigenvalue weighted by Crippen LogP contribution is 2.42. The van der Waals surface area contributed by atoms with Crippen LogP contribution in [0.5, 0.6) is 17.2 Å². The van der Waals surface area contributed by atoms with Gasteiger partial charge in [0.1, 0.15) is 23.1 Å². The number of ether oxygens (including phenoxy) is 4. The molecule has 2 aromatic carbocycles. The number of nitrogens with one attached hydrogen (secondary N) is 1. The molecule has 0 aliphatic rings. The third kappa shape index (κ3) is 7.34. The molecule has 12 heteroatoms. The molecule has 0 aliphatic carbocycles. The van der Waals surface area contributed by atoms with Crippen molar-refractivity contribution in [2.24, 2.45) is 5.10 Å². The minimum atomic E-state index is -0.553. The Kier molecular flexibility index (Phi) is 10.3. The number of hydrogen-bond acceptors (Lipinski definition) is 8. The van der Waals surface area contributed by atoms with Crippen molar-refractivity contribution in [2.45, 2.75) is 27.4 Å². The Morgan fingerprint density at radius 3 is 2.45 bits per heavy atom. The van der Waals surface area contributed by atoms with E-state index in [4.69, 9.17) is 35.0 Å². The number of carbonyl (C=O) groups excluding carboxylic acids is 2. The maximum atomic E-state index is 12.6. The van der Waals surface area contributed by atoms with Gasteiger partial charge in [-0.3, -0.25) is 4.79 Å². The second-order valence-electron chi connectivity index (χ2n) is 8.92. The molecule has 2 heterocycles. The number of nitrogens with zero attached hydrogens (tertiary/aromatic N) is 2. The molecular weight excluding hydrogens is 630 g/mol. The Morgan fingerprint density at radius 2 is 1.79 bits per heavy atom. The van der Waals surface area contributed by atoms with E-state index in [0.717, 1.165) is 17.1 Å². The smallest absolute Gasteiger partial charge is 0.344 e. The number of aryl methyl sites for hydroxylation is 2. The number of hydrogen-bond donors (Lipinski definition) is 1. The molecule has 0 atom stereocenters. The lowest BCUT2D eigenvalue weighted by atomic mass is 10.2. The zero-order chi connectivity index (χ0) is 30.2. The Labute approximate surface area is 256 Å². The van der Waals surface area contributed by atoms with Crippen LogP contribution in [0.1, 0.15) is 40.2 Å². The molecule has 0 saturated carbocycles. The molecule has 0 spiro atoms. The molecule has 0 aliphatic heterocycles. The van der Waals surface area contributed by atoms with Crippen molar-refractivity contribution in [3.63, 3.8) is 0 Å². The first-order valence-corrected chi connectivity index (χ1v) is 14.0. The highest BCUT2D eigenvalue weighted by molar-refractivity contribution is 9.10. The number of esters is 1. The zero-order valence-electron chi connectivity index (χ0n) is 23.4. The van der Waals surface area contributed by atoms with Crippen LogP contribution in [0.2, 0.25) is 5.02 Å². The number of aromatic nitrogens is 1. The highest BCUT2D eigenvalue weighted by Gasteiger charge is 2.19. The summed E-state index contributed by atoms with van der Waals surface area (Å²) in [5.74, 6) is 0.543. The van der Waals surface area contributed by atoms with Crippen LogP contribution in [0.3, 0.4) is 0 Å². The van der Waals surface area contributed by atoms with Crippen molar-refractivity contribution in [1.29, 1.82) is 0 Å². The number of carbonyl (C=O) groups is 2. The van der Waals surface area contributed by atoms with Gasteiger partial charge in [-0.25, -0.2) is 10.2 Å². The lowest BCUT2D eigenvalue weighted by Gasteiger charge is -2.14. The minimum absolute atomic E-state index is 0.0667. The largest absolute Gasteiger partial charge is 0.493 e. The van der Waals surface area contributed by atoms with Gasteiger partial charge in [-0.1, -0.05) is 11.6 Å². The summed E-state index contributed by atoms with van der Waals surface area (Å²) in [7, 11) is 1.43. The molecule has 10 nitrogen and oxygen atoms in total. The Balaban J connectivity index is 1.34. The van der Waals surface area contributed by atoms with Crippen LogP contribution >= 0.6 is 27.5 Å². The van der Waals surface area contributed by atoms with Crippen LogP contribution in [0.25, 0.3) is 5.69 Å². The second kappa shape index (κ2) is 14.1. The van der Waals surface area contributed by atoms with E-state index < -0.39 is 11.9 Å². The maximum Gasteiger partial charge on any atom is 0.344 e. The fraction of sp³-hybridized carbons (Fsp3) is 0.233. The number of hydrazone groups is 1. The van der Waals surface area contributed by atoms with Crippen molar-refractivity contribution >= 4 is 45.6 Å². The summed E-state index contributed by atoms with van der Waals surface area (Å²) < 4.78 is 29.7. The fourth-order valence-corrected chi connectivity index (χ4v) is 4.69. The first-order chi connectivity index (χ1) is 20.2. The van der Waals surface area contributed by atoms with Crippen molar-refractivity contribution < 1.29 is 33.0 Å². The molecule has 0 fully saturated rings. The van der Waals surface area contributed by atoms with Gasteiger partial charge in [0.25, 0.3) is 0 Å². The fourth-order valence-electron chi connectivity index (χ4n) is 4.03. The topological polar surface area (TPSA) is 114 Å². The summed E-state index contributed by atoms with van der Waals surface area (Å²) in [5.41, 5.74) is 6.25. The Bertz CT molecular complexity index is 1580. The van der Waals surface area contributed by atoms with E-state index in [1.54, 1.807) is 19.1 Å². The van der Waals surface area contributed by atoms with Gasteiger partial charge >= 0.3 is 11.9 Å². The van der Waals surface area contributed by atoms with Crippen molar-refractivity contribution in [2.75, 3.05) is 20.3 Å². The number of methoxy groups -OCH3 is 1. The van der Waals surface area contributed by atoms with E-state index in [9.17, 15) is 9.59 Å². The van der Waals surface area contributed by atoms with Gasteiger partial charge < -0.3 is 27.9 Å². The van der Waals surface area contributed by atoms with E-state index >= 15 is 0 Å². The number of rotatable bonds is 12. The normalized spacial score (nSPS) is 11.0. The van der Waals surface area contributed by atoms with Crippen LogP contribution in [0, 0.1) is 13.8 Å². The average Bonchev–Trinajstić information content (AvgIpc) is 3.60. The Morgan fingerprint density at radius 1 is 1.07 bits per heavy atom. The Hall–Kier alpha value is -4.22. The molecule has 4 aromatic rings. The highest BCUT2D eigenvalue weighted by atomic mass is 79.9. The number of halogens is 2. The quantitative estimate of drug-likeness (QED) is 0.107. The number of amides is 1. The summed E-state index contributed by atoms with van der Waals surface area (Å²) >= 11 is 9.80. The molecular formula is C30H29BrClN3O7. The van der Waals surface area contributed by atoms with Gasteiger partial charge in [0.05, 0.1) is 19.9 Å².